The van der Waals surface area contributed by atoms with Crippen molar-refractivity contribution in [1.29, 1.82) is 5.26 Å². The number of hydrogen-bond acceptors (Lipinski definition) is 6. The molecule has 2 N–H and O–H groups in total. The lowest BCUT2D eigenvalue weighted by Gasteiger charge is -2.20. The molecule has 0 amide bonds. The van der Waals surface area contributed by atoms with E-state index >= 15 is 0 Å². The van der Waals surface area contributed by atoms with Gasteiger partial charge in [-0.1, -0.05) is 54.6 Å². The zero-order valence-electron chi connectivity index (χ0n) is 23.1. The number of methoxy groups -OCH3 is 1. The molecular formula is C34H28FN3O4. The summed E-state index contributed by atoms with van der Waals surface area (Å²) in [5, 5.41) is 23.8. The van der Waals surface area contributed by atoms with Gasteiger partial charge >= 0.3 is 5.97 Å². The van der Waals surface area contributed by atoms with Crippen LogP contribution >= 0.6 is 0 Å². The summed E-state index contributed by atoms with van der Waals surface area (Å²) in [4.78, 5) is 17.1. The molecule has 0 fully saturated rings. The molecule has 1 atom stereocenters. The van der Waals surface area contributed by atoms with E-state index in [1.54, 1.807) is 31.4 Å². The van der Waals surface area contributed by atoms with Crippen molar-refractivity contribution in [3.05, 3.63) is 108 Å². The van der Waals surface area contributed by atoms with E-state index in [2.05, 4.69) is 11.4 Å². The first-order chi connectivity index (χ1) is 20.4. The van der Waals surface area contributed by atoms with Crippen LogP contribution in [0.3, 0.4) is 0 Å². The Morgan fingerprint density at radius 3 is 2.40 bits per heavy atom. The average Bonchev–Trinajstić information content (AvgIpc) is 3.01. The molecule has 1 heterocycles. The summed E-state index contributed by atoms with van der Waals surface area (Å²) < 4.78 is 25.4. The third-order valence-corrected chi connectivity index (χ3v) is 6.93. The van der Waals surface area contributed by atoms with Gasteiger partial charge in [0.15, 0.2) is 0 Å². The number of nitrogens with one attached hydrogen (secondary N) is 1. The third kappa shape index (κ3) is 5.86. The van der Waals surface area contributed by atoms with E-state index < -0.39 is 17.8 Å². The van der Waals surface area contributed by atoms with Crippen LogP contribution < -0.4 is 14.8 Å². The molecule has 5 aromatic rings. The fourth-order valence-electron chi connectivity index (χ4n) is 4.87. The Balaban J connectivity index is 1.58. The zero-order valence-corrected chi connectivity index (χ0v) is 23.1. The second-order valence-corrected chi connectivity index (χ2v) is 9.58. The number of hydrogen-bond donors (Lipinski definition) is 2. The van der Waals surface area contributed by atoms with Crippen LogP contribution in [0.25, 0.3) is 33.3 Å². The number of carbonyl (C=O) groups is 1. The van der Waals surface area contributed by atoms with Gasteiger partial charge in [0.2, 0.25) is 0 Å². The van der Waals surface area contributed by atoms with Crippen molar-refractivity contribution in [2.75, 3.05) is 19.0 Å². The maximum absolute atomic E-state index is 14.4. The predicted octanol–water partition coefficient (Wildman–Crippen LogP) is 7.09. The minimum atomic E-state index is -1.12. The molecule has 42 heavy (non-hydrogen) atoms. The van der Waals surface area contributed by atoms with E-state index in [1.807, 2.05) is 55.5 Å². The molecule has 1 aromatic heterocycles. The SMILES string of the molecule is CCOc1ccccc1-c1ccc(-c2nc3ccc(F)cc3c(N[C@@H](Cc3ccc(OC)cc3)C(=O)O)c2C#N)cc1. The third-order valence-electron chi connectivity index (χ3n) is 6.93. The van der Waals surface area contributed by atoms with Crippen molar-refractivity contribution in [3.63, 3.8) is 0 Å². The number of pyridine rings is 1. The lowest BCUT2D eigenvalue weighted by atomic mass is 9.97. The first-order valence-electron chi connectivity index (χ1n) is 13.4. The monoisotopic (exact) mass is 561 g/mol. The summed E-state index contributed by atoms with van der Waals surface area (Å²) in [5.74, 6) is -0.226. The minimum absolute atomic E-state index is 0.118. The molecule has 0 saturated heterocycles. The van der Waals surface area contributed by atoms with E-state index in [0.29, 0.717) is 34.5 Å². The molecule has 0 aliphatic carbocycles. The Morgan fingerprint density at radius 1 is 1.02 bits per heavy atom. The van der Waals surface area contributed by atoms with Crippen molar-refractivity contribution in [2.45, 2.75) is 19.4 Å². The smallest absolute Gasteiger partial charge is 0.326 e. The molecule has 0 saturated carbocycles. The summed E-state index contributed by atoms with van der Waals surface area (Å²) in [7, 11) is 1.55. The number of halogens is 1. The van der Waals surface area contributed by atoms with Crippen LogP contribution in [0.1, 0.15) is 18.1 Å². The molecule has 7 nitrogen and oxygen atoms in total. The maximum atomic E-state index is 14.4. The van der Waals surface area contributed by atoms with E-state index in [-0.39, 0.29) is 17.7 Å². The first kappa shape index (κ1) is 28.1. The number of anilines is 1. The lowest BCUT2D eigenvalue weighted by molar-refractivity contribution is -0.137. The van der Waals surface area contributed by atoms with Gasteiger partial charge in [0.05, 0.1) is 30.6 Å². The highest BCUT2D eigenvalue weighted by Gasteiger charge is 2.24. The highest BCUT2D eigenvalue weighted by molar-refractivity contribution is 5.99. The summed E-state index contributed by atoms with van der Waals surface area (Å²) >= 11 is 0. The van der Waals surface area contributed by atoms with E-state index in [9.17, 15) is 19.6 Å². The average molecular weight is 562 g/mol. The van der Waals surface area contributed by atoms with E-state index in [4.69, 9.17) is 14.5 Å². The van der Waals surface area contributed by atoms with Gasteiger partial charge in [-0.05, 0) is 54.4 Å². The number of carboxylic acid groups (broad SMARTS) is 1. The van der Waals surface area contributed by atoms with Gasteiger partial charge in [-0.25, -0.2) is 14.2 Å². The van der Waals surface area contributed by atoms with Crippen LogP contribution in [0.2, 0.25) is 0 Å². The number of rotatable bonds is 10. The van der Waals surface area contributed by atoms with Gasteiger partial charge in [-0.3, -0.25) is 0 Å². The van der Waals surface area contributed by atoms with Crippen LogP contribution in [-0.2, 0) is 11.2 Å². The predicted molar refractivity (Wildman–Crippen MR) is 160 cm³/mol. The topological polar surface area (TPSA) is 104 Å². The highest BCUT2D eigenvalue weighted by atomic mass is 19.1. The quantitative estimate of drug-likeness (QED) is 0.187. The number of para-hydroxylation sites is 1. The van der Waals surface area contributed by atoms with Crippen molar-refractivity contribution >= 4 is 22.6 Å². The van der Waals surface area contributed by atoms with Crippen LogP contribution in [0.5, 0.6) is 11.5 Å². The van der Waals surface area contributed by atoms with Crippen molar-refractivity contribution in [2.24, 2.45) is 0 Å². The number of benzene rings is 4. The van der Waals surface area contributed by atoms with Crippen molar-refractivity contribution in [3.8, 4) is 40.0 Å². The van der Waals surface area contributed by atoms with E-state index in [1.165, 1.54) is 18.2 Å². The van der Waals surface area contributed by atoms with Crippen molar-refractivity contribution < 1.29 is 23.8 Å². The second-order valence-electron chi connectivity index (χ2n) is 9.58. The Kier molecular flexibility index (Phi) is 8.30. The second kappa shape index (κ2) is 12.4. The summed E-state index contributed by atoms with van der Waals surface area (Å²) in [5.41, 5.74) is 4.37. The van der Waals surface area contributed by atoms with Gasteiger partial charge in [-0.2, -0.15) is 5.26 Å². The number of nitriles is 1. The molecule has 0 aliphatic rings. The van der Waals surface area contributed by atoms with Crippen LogP contribution in [0.15, 0.2) is 91.0 Å². The molecule has 5 rings (SSSR count). The van der Waals surface area contributed by atoms with Gasteiger partial charge < -0.3 is 19.9 Å². The highest BCUT2D eigenvalue weighted by Crippen LogP contribution is 2.36. The Labute approximate surface area is 242 Å². The van der Waals surface area contributed by atoms with Gasteiger partial charge in [0.25, 0.3) is 0 Å². The van der Waals surface area contributed by atoms with Crippen LogP contribution in [-0.4, -0.2) is 35.8 Å². The van der Waals surface area contributed by atoms with Crippen LogP contribution in [0.4, 0.5) is 10.1 Å². The molecule has 8 heteroatoms. The molecule has 210 valence electrons. The molecule has 0 spiro atoms. The first-order valence-corrected chi connectivity index (χ1v) is 13.4. The van der Waals surface area contributed by atoms with Gasteiger partial charge in [-0.15, -0.1) is 0 Å². The Morgan fingerprint density at radius 2 is 1.74 bits per heavy atom. The minimum Gasteiger partial charge on any atom is -0.497 e. The Hall–Kier alpha value is -5.42. The number of ether oxygens (including phenoxy) is 2. The largest absolute Gasteiger partial charge is 0.497 e. The van der Waals surface area contributed by atoms with Crippen molar-refractivity contribution in [1.82, 2.24) is 4.98 Å². The molecular weight excluding hydrogens is 533 g/mol. The number of nitrogens with zero attached hydrogens (tertiary/aromatic N) is 2. The van der Waals surface area contributed by atoms with Gasteiger partial charge in [0.1, 0.15) is 35.0 Å². The van der Waals surface area contributed by atoms with E-state index in [0.717, 1.165) is 22.4 Å². The normalized spacial score (nSPS) is 11.5. The molecule has 0 radical (unpaired) electrons. The summed E-state index contributed by atoms with van der Waals surface area (Å²) in [6.45, 7) is 2.46. The Bertz CT molecular complexity index is 1780. The number of carboxylic acids is 1. The number of aliphatic carboxylic acids is 1. The summed E-state index contributed by atoms with van der Waals surface area (Å²) in [6, 6.07) is 27.5. The molecule has 0 bridgehead atoms. The maximum Gasteiger partial charge on any atom is 0.326 e. The fourth-order valence-corrected chi connectivity index (χ4v) is 4.87. The van der Waals surface area contributed by atoms with Gasteiger partial charge in [0, 0.05) is 22.9 Å². The molecule has 0 unspecified atom stereocenters. The lowest BCUT2D eigenvalue weighted by Crippen LogP contribution is -2.32. The standard InChI is InChI=1S/C34H28FN3O4/c1-3-42-31-7-5-4-6-26(31)22-10-12-23(13-11-22)32-28(20-36)33(27-19-24(35)14-17-29(27)37-32)38-30(34(39)40)18-21-8-15-25(41-2)16-9-21/h4-17,19,30H,3,18H2,1-2H3,(H,37,38)(H,39,40)/t30-/m0/s1. The fraction of sp³-hybridized carbons (Fsp3) is 0.147. The number of fused-ring (bicyclic) bond motifs is 1. The molecule has 4 aromatic carbocycles. The summed E-state index contributed by atoms with van der Waals surface area (Å²) in [6.07, 6.45) is 0.118. The number of aromatic nitrogens is 1. The zero-order chi connectivity index (χ0) is 29.6. The molecule has 0 aliphatic heterocycles. The van der Waals surface area contributed by atoms with Crippen LogP contribution in [0, 0.1) is 17.1 Å².